The molecule has 1 amide bonds. The topological polar surface area (TPSA) is 32.3 Å². The van der Waals surface area contributed by atoms with Gasteiger partial charge in [-0.3, -0.25) is 4.79 Å². The molecule has 0 radical (unpaired) electrons. The van der Waals surface area contributed by atoms with Crippen molar-refractivity contribution in [1.29, 1.82) is 0 Å². The Hall–Kier alpha value is -0.570. The van der Waals surface area contributed by atoms with Crippen molar-refractivity contribution in [1.82, 2.24) is 10.2 Å². The van der Waals surface area contributed by atoms with Crippen LogP contribution in [0.25, 0.3) is 0 Å². The van der Waals surface area contributed by atoms with Gasteiger partial charge in [0.05, 0.1) is 5.92 Å². The third-order valence-corrected chi connectivity index (χ3v) is 5.61. The number of rotatable bonds is 2. The Labute approximate surface area is 117 Å². The number of likely N-dealkylation sites (tertiary alicyclic amines) is 1. The highest BCUT2D eigenvalue weighted by Crippen LogP contribution is 2.35. The number of amides is 1. The number of hydrogen-bond acceptors (Lipinski definition) is 2. The summed E-state index contributed by atoms with van der Waals surface area (Å²) >= 11 is 0. The van der Waals surface area contributed by atoms with Crippen LogP contribution in [-0.4, -0.2) is 36.5 Å². The summed E-state index contributed by atoms with van der Waals surface area (Å²) in [6, 6.07) is 0.570. The van der Waals surface area contributed by atoms with Gasteiger partial charge in [0.1, 0.15) is 0 Å². The standard InChI is InChI=1S/C16H28N2O/c1-12-10-17-11-14(12)16(19)18-9-5-8-15(18)13-6-3-2-4-7-13/h12-15,17H,2-11H2,1H3. The van der Waals surface area contributed by atoms with Gasteiger partial charge in [0.2, 0.25) is 5.91 Å². The van der Waals surface area contributed by atoms with E-state index in [1.165, 1.54) is 44.9 Å². The Balaban J connectivity index is 1.66. The molecule has 3 fully saturated rings. The Morgan fingerprint density at radius 3 is 2.53 bits per heavy atom. The summed E-state index contributed by atoms with van der Waals surface area (Å²) in [7, 11) is 0. The second-order valence-electron chi connectivity index (χ2n) is 6.88. The molecule has 3 aliphatic rings. The Morgan fingerprint density at radius 2 is 1.84 bits per heavy atom. The van der Waals surface area contributed by atoms with E-state index in [0.29, 0.717) is 17.9 Å². The lowest BCUT2D eigenvalue weighted by Gasteiger charge is -2.35. The molecule has 0 aromatic heterocycles. The highest BCUT2D eigenvalue weighted by Gasteiger charge is 2.40. The first kappa shape index (κ1) is 13.4. The van der Waals surface area contributed by atoms with Gasteiger partial charge in [0, 0.05) is 19.1 Å². The molecule has 19 heavy (non-hydrogen) atoms. The molecule has 3 rings (SSSR count). The third kappa shape index (κ3) is 2.67. The molecular formula is C16H28N2O. The van der Waals surface area contributed by atoms with Crippen LogP contribution in [0, 0.1) is 17.8 Å². The van der Waals surface area contributed by atoms with Gasteiger partial charge in [0.25, 0.3) is 0 Å². The van der Waals surface area contributed by atoms with Gasteiger partial charge < -0.3 is 10.2 Å². The van der Waals surface area contributed by atoms with Gasteiger partial charge in [-0.2, -0.15) is 0 Å². The summed E-state index contributed by atoms with van der Waals surface area (Å²) in [5.74, 6) is 2.00. The lowest BCUT2D eigenvalue weighted by molar-refractivity contribution is -0.138. The zero-order valence-electron chi connectivity index (χ0n) is 12.2. The van der Waals surface area contributed by atoms with Crippen LogP contribution < -0.4 is 5.32 Å². The quantitative estimate of drug-likeness (QED) is 0.830. The first-order valence-electron chi connectivity index (χ1n) is 8.28. The molecule has 3 unspecified atom stereocenters. The van der Waals surface area contributed by atoms with Gasteiger partial charge in [-0.15, -0.1) is 0 Å². The monoisotopic (exact) mass is 264 g/mol. The fourth-order valence-electron chi connectivity index (χ4n) is 4.43. The van der Waals surface area contributed by atoms with Gasteiger partial charge in [-0.05, 0) is 44.1 Å². The van der Waals surface area contributed by atoms with Crippen molar-refractivity contribution in [3.63, 3.8) is 0 Å². The predicted molar refractivity (Wildman–Crippen MR) is 76.8 cm³/mol. The second-order valence-corrected chi connectivity index (χ2v) is 6.88. The summed E-state index contributed by atoms with van der Waals surface area (Å²) in [5, 5.41) is 3.37. The minimum absolute atomic E-state index is 0.240. The molecule has 0 bridgehead atoms. The summed E-state index contributed by atoms with van der Waals surface area (Å²) in [5.41, 5.74) is 0. The number of carbonyl (C=O) groups excluding carboxylic acids is 1. The zero-order chi connectivity index (χ0) is 13.2. The van der Waals surface area contributed by atoms with E-state index < -0.39 is 0 Å². The summed E-state index contributed by atoms with van der Waals surface area (Å²) in [6.07, 6.45) is 9.35. The van der Waals surface area contributed by atoms with Gasteiger partial charge in [-0.25, -0.2) is 0 Å². The van der Waals surface area contributed by atoms with Crippen LogP contribution in [0.15, 0.2) is 0 Å². The maximum absolute atomic E-state index is 12.8. The molecule has 108 valence electrons. The van der Waals surface area contributed by atoms with E-state index in [4.69, 9.17) is 0 Å². The molecule has 3 heteroatoms. The highest BCUT2D eigenvalue weighted by molar-refractivity contribution is 5.80. The summed E-state index contributed by atoms with van der Waals surface area (Å²) in [6.45, 7) is 5.14. The number of nitrogens with one attached hydrogen (secondary N) is 1. The SMILES string of the molecule is CC1CNCC1C(=O)N1CCCC1C1CCCCC1. The average Bonchev–Trinajstić information content (AvgIpc) is 3.07. The third-order valence-electron chi connectivity index (χ3n) is 5.61. The normalized spacial score (nSPS) is 36.9. The number of nitrogens with zero attached hydrogens (tertiary/aromatic N) is 1. The first-order valence-corrected chi connectivity index (χ1v) is 8.28. The second kappa shape index (κ2) is 5.82. The van der Waals surface area contributed by atoms with Crippen molar-refractivity contribution in [2.45, 2.75) is 57.9 Å². The molecule has 3 nitrogen and oxygen atoms in total. The van der Waals surface area contributed by atoms with E-state index in [0.717, 1.165) is 25.6 Å². The van der Waals surface area contributed by atoms with Crippen molar-refractivity contribution in [2.75, 3.05) is 19.6 Å². The van der Waals surface area contributed by atoms with Gasteiger partial charge >= 0.3 is 0 Å². The number of hydrogen-bond donors (Lipinski definition) is 1. The van der Waals surface area contributed by atoms with E-state index in [-0.39, 0.29) is 5.92 Å². The fourth-order valence-corrected chi connectivity index (χ4v) is 4.43. The summed E-state index contributed by atoms with van der Waals surface area (Å²) in [4.78, 5) is 15.1. The lowest BCUT2D eigenvalue weighted by atomic mass is 9.82. The largest absolute Gasteiger partial charge is 0.339 e. The maximum Gasteiger partial charge on any atom is 0.227 e. The van der Waals surface area contributed by atoms with Crippen LogP contribution >= 0.6 is 0 Å². The molecule has 1 aliphatic carbocycles. The van der Waals surface area contributed by atoms with Crippen molar-refractivity contribution in [2.24, 2.45) is 17.8 Å². The van der Waals surface area contributed by atoms with Crippen LogP contribution in [0.1, 0.15) is 51.9 Å². The molecule has 0 aromatic carbocycles. The zero-order valence-corrected chi connectivity index (χ0v) is 12.2. The van der Waals surface area contributed by atoms with E-state index in [1.807, 2.05) is 0 Å². The fraction of sp³-hybridized carbons (Fsp3) is 0.938. The molecule has 0 spiro atoms. The molecule has 0 aromatic rings. The van der Waals surface area contributed by atoms with Crippen molar-refractivity contribution in [3.8, 4) is 0 Å². The Kier molecular flexibility index (Phi) is 4.11. The van der Waals surface area contributed by atoms with Crippen LogP contribution in [0.4, 0.5) is 0 Å². The highest BCUT2D eigenvalue weighted by atomic mass is 16.2. The molecule has 3 atom stereocenters. The van der Waals surface area contributed by atoms with E-state index in [2.05, 4.69) is 17.1 Å². The lowest BCUT2D eigenvalue weighted by Crippen LogP contribution is -2.45. The smallest absolute Gasteiger partial charge is 0.227 e. The Bertz CT molecular complexity index is 325. The molecule has 1 saturated carbocycles. The van der Waals surface area contributed by atoms with Crippen LogP contribution in [0.3, 0.4) is 0 Å². The molecule has 2 saturated heterocycles. The van der Waals surface area contributed by atoms with E-state index in [9.17, 15) is 4.79 Å². The minimum Gasteiger partial charge on any atom is -0.339 e. The van der Waals surface area contributed by atoms with Crippen molar-refractivity contribution in [3.05, 3.63) is 0 Å². The minimum atomic E-state index is 0.240. The average molecular weight is 264 g/mol. The molecule has 2 heterocycles. The van der Waals surface area contributed by atoms with Crippen molar-refractivity contribution >= 4 is 5.91 Å². The van der Waals surface area contributed by atoms with E-state index in [1.54, 1.807) is 0 Å². The predicted octanol–water partition coefficient (Wildman–Crippen LogP) is 2.41. The van der Waals surface area contributed by atoms with Crippen LogP contribution in [0.5, 0.6) is 0 Å². The maximum atomic E-state index is 12.8. The van der Waals surface area contributed by atoms with Gasteiger partial charge in [-0.1, -0.05) is 26.2 Å². The number of carbonyl (C=O) groups is 1. The van der Waals surface area contributed by atoms with E-state index >= 15 is 0 Å². The summed E-state index contributed by atoms with van der Waals surface area (Å²) < 4.78 is 0. The molecule has 1 N–H and O–H groups in total. The molecule has 2 aliphatic heterocycles. The Morgan fingerprint density at radius 1 is 1.05 bits per heavy atom. The van der Waals surface area contributed by atoms with Crippen LogP contribution in [-0.2, 0) is 4.79 Å². The first-order chi connectivity index (χ1) is 9.27. The van der Waals surface area contributed by atoms with Crippen LogP contribution in [0.2, 0.25) is 0 Å². The van der Waals surface area contributed by atoms with Crippen molar-refractivity contribution < 1.29 is 4.79 Å². The molecular weight excluding hydrogens is 236 g/mol. The van der Waals surface area contributed by atoms with Gasteiger partial charge in [0.15, 0.2) is 0 Å².